The van der Waals surface area contributed by atoms with Crippen molar-refractivity contribution in [2.45, 2.75) is 46.6 Å². The van der Waals surface area contributed by atoms with Crippen LogP contribution in [0.1, 0.15) is 38.3 Å². The zero-order valence-corrected chi connectivity index (χ0v) is 16.0. The van der Waals surface area contributed by atoms with E-state index in [1.54, 1.807) is 26.0 Å². The molecule has 0 spiro atoms. The summed E-state index contributed by atoms with van der Waals surface area (Å²) in [5.74, 6) is -1.76. The minimum absolute atomic E-state index is 0.261. The molecule has 7 heteroatoms. The average Bonchev–Trinajstić information content (AvgIpc) is 2.64. The van der Waals surface area contributed by atoms with Gasteiger partial charge in [0.25, 0.3) is 5.91 Å². The fraction of sp³-hybridized carbons (Fsp3) is 0.450. The van der Waals surface area contributed by atoms with Gasteiger partial charge in [-0.05, 0) is 37.0 Å². The van der Waals surface area contributed by atoms with Gasteiger partial charge in [-0.3, -0.25) is 4.79 Å². The number of carbonyl (C=O) groups excluding carboxylic acids is 2. The number of fused-ring (bicyclic) bond motifs is 1. The van der Waals surface area contributed by atoms with Gasteiger partial charge in [0.2, 0.25) is 0 Å². The lowest BCUT2D eigenvalue weighted by Gasteiger charge is -2.25. The van der Waals surface area contributed by atoms with E-state index in [9.17, 15) is 19.5 Å². The van der Waals surface area contributed by atoms with Crippen LogP contribution in [-0.4, -0.2) is 24.5 Å². The summed E-state index contributed by atoms with van der Waals surface area (Å²) in [7, 11) is 0. The maximum atomic E-state index is 12.1. The molecule has 0 saturated carbocycles. The summed E-state index contributed by atoms with van der Waals surface area (Å²) in [5.41, 5.74) is 1.46. The minimum atomic E-state index is -1.33. The van der Waals surface area contributed by atoms with Gasteiger partial charge in [0.15, 0.2) is 6.61 Å². The van der Waals surface area contributed by atoms with E-state index in [2.05, 4.69) is 5.32 Å². The molecule has 2 atom stereocenters. The van der Waals surface area contributed by atoms with Crippen LogP contribution in [0.5, 0.6) is 5.75 Å². The largest absolute Gasteiger partial charge is 0.548 e. The predicted molar refractivity (Wildman–Crippen MR) is 98.5 cm³/mol. The van der Waals surface area contributed by atoms with E-state index >= 15 is 0 Å². The van der Waals surface area contributed by atoms with Crippen molar-refractivity contribution in [3.05, 3.63) is 39.7 Å². The topological polar surface area (TPSA) is 109 Å². The van der Waals surface area contributed by atoms with Crippen molar-refractivity contribution in [1.82, 2.24) is 5.32 Å². The first-order valence-electron chi connectivity index (χ1n) is 8.97. The van der Waals surface area contributed by atoms with Crippen LogP contribution in [0.2, 0.25) is 0 Å². The number of rotatable bonds is 8. The number of ether oxygens (including phenoxy) is 1. The van der Waals surface area contributed by atoms with Gasteiger partial charge in [-0.2, -0.15) is 0 Å². The highest BCUT2D eigenvalue weighted by Crippen LogP contribution is 2.28. The number of carboxylic acid groups (broad SMARTS) is 1. The Hall–Kier alpha value is -2.83. The Morgan fingerprint density at radius 1 is 1.30 bits per heavy atom. The predicted octanol–water partition coefficient (Wildman–Crippen LogP) is 1.32. The summed E-state index contributed by atoms with van der Waals surface area (Å²) in [4.78, 5) is 35.0. The molecule has 0 aliphatic heterocycles. The lowest BCUT2D eigenvalue weighted by atomic mass is 9.99. The van der Waals surface area contributed by atoms with Crippen LogP contribution < -0.4 is 20.8 Å². The molecule has 0 aliphatic rings. The molecule has 0 fully saturated rings. The number of carbonyl (C=O) groups is 2. The second-order valence-corrected chi connectivity index (χ2v) is 6.55. The molecular formula is C20H24NO6-. The van der Waals surface area contributed by atoms with Gasteiger partial charge in [-0.1, -0.05) is 27.2 Å². The first-order chi connectivity index (χ1) is 12.8. The molecule has 0 aliphatic carbocycles. The summed E-state index contributed by atoms with van der Waals surface area (Å²) in [6, 6.07) is 3.87. The molecule has 0 unspecified atom stereocenters. The van der Waals surface area contributed by atoms with E-state index in [4.69, 9.17) is 9.15 Å². The first-order valence-corrected chi connectivity index (χ1v) is 8.97. The zero-order chi connectivity index (χ0) is 20.1. The second-order valence-electron chi connectivity index (χ2n) is 6.55. The third-order valence-electron chi connectivity index (χ3n) is 4.72. The normalized spacial score (nSPS) is 13.2. The molecule has 1 aromatic heterocycles. The molecular weight excluding hydrogens is 350 g/mol. The van der Waals surface area contributed by atoms with E-state index in [0.717, 1.165) is 10.9 Å². The van der Waals surface area contributed by atoms with Crippen molar-refractivity contribution in [1.29, 1.82) is 0 Å². The molecule has 1 heterocycles. The monoisotopic (exact) mass is 374 g/mol. The third kappa shape index (κ3) is 4.67. The van der Waals surface area contributed by atoms with E-state index in [1.807, 2.05) is 13.8 Å². The van der Waals surface area contributed by atoms with E-state index in [-0.39, 0.29) is 12.5 Å². The van der Waals surface area contributed by atoms with Crippen molar-refractivity contribution in [3.63, 3.8) is 0 Å². The zero-order valence-electron chi connectivity index (χ0n) is 16.0. The Kier molecular flexibility index (Phi) is 6.60. The van der Waals surface area contributed by atoms with Gasteiger partial charge in [-0.25, -0.2) is 4.79 Å². The lowest BCUT2D eigenvalue weighted by Crippen LogP contribution is -2.52. The number of nitrogens with one attached hydrogen (secondary N) is 1. The number of benzene rings is 1. The highest BCUT2D eigenvalue weighted by atomic mass is 16.5. The molecule has 27 heavy (non-hydrogen) atoms. The second kappa shape index (κ2) is 8.70. The van der Waals surface area contributed by atoms with Crippen LogP contribution >= 0.6 is 0 Å². The maximum Gasteiger partial charge on any atom is 0.336 e. The molecule has 2 rings (SSSR count). The number of carboxylic acids is 1. The molecule has 7 nitrogen and oxygen atoms in total. The van der Waals surface area contributed by atoms with Gasteiger partial charge in [0.05, 0.1) is 12.0 Å². The molecule has 1 aromatic carbocycles. The molecule has 0 radical (unpaired) electrons. The number of hydrogen-bond donors (Lipinski definition) is 1. The molecule has 1 amide bonds. The van der Waals surface area contributed by atoms with Crippen molar-refractivity contribution in [3.8, 4) is 5.75 Å². The Bertz CT molecular complexity index is 901. The van der Waals surface area contributed by atoms with Gasteiger partial charge in [0.1, 0.15) is 11.3 Å². The van der Waals surface area contributed by atoms with Crippen molar-refractivity contribution in [2.75, 3.05) is 6.61 Å². The van der Waals surface area contributed by atoms with E-state index < -0.39 is 23.5 Å². The van der Waals surface area contributed by atoms with Crippen LogP contribution in [0.25, 0.3) is 11.0 Å². The summed E-state index contributed by atoms with van der Waals surface area (Å²) in [6.45, 7) is 6.89. The Morgan fingerprint density at radius 3 is 2.59 bits per heavy atom. The van der Waals surface area contributed by atoms with Crippen LogP contribution in [0.3, 0.4) is 0 Å². The fourth-order valence-electron chi connectivity index (χ4n) is 2.88. The van der Waals surface area contributed by atoms with Crippen molar-refractivity contribution in [2.24, 2.45) is 5.92 Å². The van der Waals surface area contributed by atoms with Crippen LogP contribution in [0, 0.1) is 12.8 Å². The maximum absolute atomic E-state index is 12.1. The third-order valence-corrected chi connectivity index (χ3v) is 4.72. The summed E-state index contributed by atoms with van der Waals surface area (Å²) in [5, 5.41) is 14.4. The average molecular weight is 374 g/mol. The number of hydrogen-bond acceptors (Lipinski definition) is 6. The Labute approximate surface area is 157 Å². The Morgan fingerprint density at radius 2 is 2.00 bits per heavy atom. The molecule has 2 aromatic rings. The smallest absolute Gasteiger partial charge is 0.336 e. The minimum Gasteiger partial charge on any atom is -0.548 e. The lowest BCUT2D eigenvalue weighted by molar-refractivity contribution is -0.309. The Balaban J connectivity index is 2.17. The summed E-state index contributed by atoms with van der Waals surface area (Å²) in [6.07, 6.45) is 1.27. The van der Waals surface area contributed by atoms with Crippen molar-refractivity contribution >= 4 is 22.8 Å². The molecule has 146 valence electrons. The number of amides is 1. The van der Waals surface area contributed by atoms with Gasteiger partial charge < -0.3 is 24.4 Å². The quantitative estimate of drug-likeness (QED) is 0.698. The highest BCUT2D eigenvalue weighted by molar-refractivity contribution is 5.86. The fourth-order valence-corrected chi connectivity index (χ4v) is 2.88. The number of aryl methyl sites for hydroxylation is 2. The van der Waals surface area contributed by atoms with Gasteiger partial charge >= 0.3 is 5.63 Å². The van der Waals surface area contributed by atoms with Crippen LogP contribution in [0.15, 0.2) is 27.4 Å². The van der Waals surface area contributed by atoms with Crippen molar-refractivity contribution < 1.29 is 23.8 Å². The van der Waals surface area contributed by atoms with E-state index in [0.29, 0.717) is 29.7 Å². The van der Waals surface area contributed by atoms with Crippen LogP contribution in [-0.2, 0) is 16.0 Å². The molecule has 0 bridgehead atoms. The van der Waals surface area contributed by atoms with Crippen LogP contribution in [0.4, 0.5) is 0 Å². The van der Waals surface area contributed by atoms with Gasteiger partial charge in [-0.15, -0.1) is 0 Å². The molecule has 0 saturated heterocycles. The first kappa shape index (κ1) is 20.5. The summed E-state index contributed by atoms with van der Waals surface area (Å²) >= 11 is 0. The standard InChI is InChI=1S/C20H25NO6/c1-5-11(3)18(20(24)25)21-16(22)10-26-15-8-7-14-13(6-2)9-17(23)27-19(14)12(15)4/h7-9,11,18H,5-6,10H2,1-4H3,(H,21,22)(H,24,25)/p-1/t11-,18-/m0/s1. The number of aliphatic carboxylic acids is 1. The molecule has 1 N–H and O–H groups in total. The van der Waals surface area contributed by atoms with Gasteiger partial charge in [0, 0.05) is 17.0 Å². The van der Waals surface area contributed by atoms with E-state index in [1.165, 1.54) is 6.07 Å². The highest BCUT2D eigenvalue weighted by Gasteiger charge is 2.20. The SMILES string of the molecule is CCc1cc(=O)oc2c(C)c(OCC(=O)N[C@H](C(=O)[O-])[C@@H](C)CC)ccc12. The summed E-state index contributed by atoms with van der Waals surface area (Å²) < 4.78 is 10.8.